The third-order valence-corrected chi connectivity index (χ3v) is 4.46. The number of ether oxygens (including phenoxy) is 1. The maximum absolute atomic E-state index is 12.3. The van der Waals surface area contributed by atoms with Gasteiger partial charge in [0.15, 0.2) is 0 Å². The molecule has 0 spiro atoms. The van der Waals surface area contributed by atoms with Gasteiger partial charge in [0.1, 0.15) is 17.3 Å². The monoisotopic (exact) mass is 330 g/mol. The molecule has 1 amide bonds. The van der Waals surface area contributed by atoms with Crippen LogP contribution in [0.4, 0.5) is 10.1 Å². The minimum atomic E-state index is -3.73. The average molecular weight is 330 g/mol. The molecular formula is C14H19FN2O4S. The van der Waals surface area contributed by atoms with Crippen molar-refractivity contribution in [3.8, 4) is 5.75 Å². The molecule has 0 saturated carbocycles. The van der Waals surface area contributed by atoms with Crippen molar-refractivity contribution in [1.29, 1.82) is 0 Å². The predicted molar refractivity (Wildman–Crippen MR) is 82.2 cm³/mol. The van der Waals surface area contributed by atoms with E-state index in [0.29, 0.717) is 6.61 Å². The van der Waals surface area contributed by atoms with Crippen LogP contribution in [-0.4, -0.2) is 46.0 Å². The van der Waals surface area contributed by atoms with Crippen LogP contribution >= 0.6 is 0 Å². The lowest BCUT2D eigenvalue weighted by Gasteiger charge is -2.16. The molecule has 0 aliphatic carbocycles. The van der Waals surface area contributed by atoms with Gasteiger partial charge in [0.25, 0.3) is 0 Å². The van der Waals surface area contributed by atoms with Gasteiger partial charge in [-0.25, -0.2) is 17.1 Å². The molecule has 0 saturated heterocycles. The van der Waals surface area contributed by atoms with Crippen molar-refractivity contribution in [3.63, 3.8) is 0 Å². The summed E-state index contributed by atoms with van der Waals surface area (Å²) < 4.78 is 43.0. The zero-order valence-corrected chi connectivity index (χ0v) is 13.5. The van der Waals surface area contributed by atoms with E-state index >= 15 is 0 Å². The number of amides is 1. The van der Waals surface area contributed by atoms with E-state index in [2.05, 4.69) is 5.32 Å². The number of hydrogen-bond acceptors (Lipinski definition) is 4. The molecule has 1 N–H and O–H groups in total. The van der Waals surface area contributed by atoms with E-state index in [1.54, 1.807) is 6.92 Å². The summed E-state index contributed by atoms with van der Waals surface area (Å²) >= 11 is 0. The molecular weight excluding hydrogens is 311 g/mol. The highest BCUT2D eigenvalue weighted by Gasteiger charge is 2.23. The molecule has 0 aliphatic heterocycles. The highest BCUT2D eigenvalue weighted by Crippen LogP contribution is 2.29. The Morgan fingerprint density at radius 2 is 2.09 bits per heavy atom. The Kier molecular flexibility index (Phi) is 6.51. The minimum Gasteiger partial charge on any atom is -0.492 e. The lowest BCUT2D eigenvalue weighted by Crippen LogP contribution is -2.23. The van der Waals surface area contributed by atoms with Crippen LogP contribution in [0, 0.1) is 0 Å². The van der Waals surface area contributed by atoms with Crippen molar-refractivity contribution in [2.24, 2.45) is 0 Å². The molecule has 1 rings (SSSR count). The van der Waals surface area contributed by atoms with E-state index < -0.39 is 22.6 Å². The summed E-state index contributed by atoms with van der Waals surface area (Å²) in [5, 5.41) is 2.47. The number of benzene rings is 1. The standard InChI is InChI=1S/C14H19FN2O4S/c1-4-21-12-8-7-11(16-14(18)6-5-9-15)10-13(12)22(19,20)17(2)3/h5-8,10H,4,9H2,1-3H3,(H,16,18)/b6-5-. The Morgan fingerprint density at radius 3 is 2.64 bits per heavy atom. The Morgan fingerprint density at radius 1 is 1.41 bits per heavy atom. The van der Waals surface area contributed by atoms with Crippen LogP contribution in [-0.2, 0) is 14.8 Å². The molecule has 0 heterocycles. The smallest absolute Gasteiger partial charge is 0.248 e. The van der Waals surface area contributed by atoms with Crippen molar-refractivity contribution in [2.45, 2.75) is 11.8 Å². The number of carbonyl (C=O) groups is 1. The number of alkyl halides is 1. The van der Waals surface area contributed by atoms with Crippen LogP contribution in [0.1, 0.15) is 6.92 Å². The quantitative estimate of drug-likeness (QED) is 0.774. The van der Waals surface area contributed by atoms with Gasteiger partial charge in [-0.15, -0.1) is 0 Å². The molecule has 0 unspecified atom stereocenters. The molecule has 0 aliphatic rings. The summed E-state index contributed by atoms with van der Waals surface area (Å²) in [6.07, 6.45) is 2.10. The number of halogens is 1. The first kappa shape index (κ1) is 18.1. The first-order valence-corrected chi connectivity index (χ1v) is 7.99. The summed E-state index contributed by atoms with van der Waals surface area (Å²) in [5.74, 6) is -0.344. The molecule has 22 heavy (non-hydrogen) atoms. The SMILES string of the molecule is CCOc1ccc(NC(=O)/C=C\CF)cc1S(=O)(=O)N(C)C. The molecule has 0 atom stereocenters. The zero-order valence-electron chi connectivity index (χ0n) is 12.7. The van der Waals surface area contributed by atoms with Crippen LogP contribution in [0.5, 0.6) is 5.75 Å². The van der Waals surface area contributed by atoms with Gasteiger partial charge >= 0.3 is 0 Å². The molecule has 1 aromatic carbocycles. The summed E-state index contributed by atoms with van der Waals surface area (Å²) in [7, 11) is -0.920. The van der Waals surface area contributed by atoms with Crippen molar-refractivity contribution >= 4 is 21.6 Å². The van der Waals surface area contributed by atoms with E-state index in [4.69, 9.17) is 4.74 Å². The number of sulfonamides is 1. The normalized spacial score (nSPS) is 11.9. The fourth-order valence-corrected chi connectivity index (χ4v) is 2.64. The van der Waals surface area contributed by atoms with Crippen LogP contribution in [0.15, 0.2) is 35.2 Å². The average Bonchev–Trinajstić information content (AvgIpc) is 2.46. The summed E-state index contributed by atoms with van der Waals surface area (Å²) in [5.41, 5.74) is 0.275. The van der Waals surface area contributed by atoms with Gasteiger partial charge in [0.2, 0.25) is 15.9 Å². The zero-order chi connectivity index (χ0) is 16.8. The van der Waals surface area contributed by atoms with E-state index in [-0.39, 0.29) is 16.3 Å². The molecule has 8 heteroatoms. The second-order valence-corrected chi connectivity index (χ2v) is 6.55. The number of nitrogens with zero attached hydrogens (tertiary/aromatic N) is 1. The van der Waals surface area contributed by atoms with Crippen molar-refractivity contribution in [3.05, 3.63) is 30.4 Å². The van der Waals surface area contributed by atoms with Crippen molar-refractivity contribution in [2.75, 3.05) is 32.7 Å². The molecule has 122 valence electrons. The maximum Gasteiger partial charge on any atom is 0.248 e. The van der Waals surface area contributed by atoms with Gasteiger partial charge < -0.3 is 10.1 Å². The lowest BCUT2D eigenvalue weighted by molar-refractivity contribution is -0.111. The summed E-state index contributed by atoms with van der Waals surface area (Å²) in [4.78, 5) is 11.5. The minimum absolute atomic E-state index is 0.0494. The van der Waals surface area contributed by atoms with Gasteiger partial charge in [-0.1, -0.05) is 0 Å². The summed E-state index contributed by atoms with van der Waals surface area (Å²) in [6, 6.07) is 4.29. The fraction of sp³-hybridized carbons (Fsp3) is 0.357. The van der Waals surface area contributed by atoms with Crippen LogP contribution < -0.4 is 10.1 Å². The second kappa shape index (κ2) is 7.90. The van der Waals surface area contributed by atoms with Crippen molar-refractivity contribution in [1.82, 2.24) is 4.31 Å². The van der Waals surface area contributed by atoms with Gasteiger partial charge in [-0.3, -0.25) is 4.79 Å². The van der Waals surface area contributed by atoms with Crippen molar-refractivity contribution < 1.29 is 22.3 Å². The number of carbonyl (C=O) groups excluding carboxylic acids is 1. The van der Waals surface area contributed by atoms with E-state index in [1.807, 2.05) is 0 Å². The third kappa shape index (κ3) is 4.54. The molecule has 0 bridgehead atoms. The molecule has 6 nitrogen and oxygen atoms in total. The van der Waals surface area contributed by atoms with Crippen LogP contribution in [0.2, 0.25) is 0 Å². The third-order valence-electron chi connectivity index (χ3n) is 2.63. The first-order chi connectivity index (χ1) is 10.3. The Hall–Kier alpha value is -1.93. The number of nitrogens with one attached hydrogen (secondary N) is 1. The largest absolute Gasteiger partial charge is 0.492 e. The van der Waals surface area contributed by atoms with Gasteiger partial charge in [0.05, 0.1) is 6.61 Å². The molecule has 0 radical (unpaired) electrons. The molecule has 0 fully saturated rings. The highest BCUT2D eigenvalue weighted by atomic mass is 32.2. The topological polar surface area (TPSA) is 75.7 Å². The number of rotatable bonds is 7. The second-order valence-electron chi connectivity index (χ2n) is 4.43. The van der Waals surface area contributed by atoms with Gasteiger partial charge in [-0.2, -0.15) is 0 Å². The van der Waals surface area contributed by atoms with Gasteiger partial charge in [-0.05, 0) is 31.2 Å². The van der Waals surface area contributed by atoms with Crippen LogP contribution in [0.3, 0.4) is 0 Å². The van der Waals surface area contributed by atoms with E-state index in [0.717, 1.165) is 16.5 Å². The highest BCUT2D eigenvalue weighted by molar-refractivity contribution is 7.89. The fourth-order valence-electron chi connectivity index (χ4n) is 1.59. The predicted octanol–water partition coefficient (Wildman–Crippen LogP) is 1.80. The maximum atomic E-state index is 12.3. The van der Waals surface area contributed by atoms with Gasteiger partial charge in [0, 0.05) is 25.9 Å². The summed E-state index contributed by atoms with van der Waals surface area (Å²) in [6.45, 7) is 1.29. The molecule has 1 aromatic rings. The Bertz CT molecular complexity index is 657. The van der Waals surface area contributed by atoms with Crippen LogP contribution in [0.25, 0.3) is 0 Å². The number of allylic oxidation sites excluding steroid dienone is 1. The first-order valence-electron chi connectivity index (χ1n) is 6.55. The number of anilines is 1. The van der Waals surface area contributed by atoms with E-state index in [9.17, 15) is 17.6 Å². The lowest BCUT2D eigenvalue weighted by atomic mass is 10.3. The molecule has 0 aromatic heterocycles. The Labute approximate surface area is 129 Å². The van der Waals surface area contributed by atoms with E-state index in [1.165, 1.54) is 32.3 Å². The number of hydrogen-bond donors (Lipinski definition) is 1. The Balaban J connectivity index is 3.20.